The third-order valence-corrected chi connectivity index (χ3v) is 4.10. The summed E-state index contributed by atoms with van der Waals surface area (Å²) in [6, 6.07) is 3.53. The molecule has 1 aliphatic rings. The van der Waals surface area contributed by atoms with E-state index in [-0.39, 0.29) is 18.0 Å². The van der Waals surface area contributed by atoms with Crippen LogP contribution in [-0.2, 0) is 4.74 Å². The third kappa shape index (κ3) is 3.19. The van der Waals surface area contributed by atoms with Crippen molar-refractivity contribution in [3.8, 4) is 0 Å². The van der Waals surface area contributed by atoms with Gasteiger partial charge in [-0.1, -0.05) is 13.0 Å². The van der Waals surface area contributed by atoms with Crippen LogP contribution in [0.25, 0.3) is 0 Å². The van der Waals surface area contributed by atoms with E-state index in [1.165, 1.54) is 0 Å². The van der Waals surface area contributed by atoms with Crippen LogP contribution in [0.4, 0.5) is 4.39 Å². The van der Waals surface area contributed by atoms with E-state index in [2.05, 4.69) is 17.1 Å². The van der Waals surface area contributed by atoms with E-state index in [4.69, 9.17) is 4.74 Å². The first-order valence-corrected chi connectivity index (χ1v) is 7.34. The van der Waals surface area contributed by atoms with E-state index in [0.29, 0.717) is 6.61 Å². The Morgan fingerprint density at radius 1 is 1.45 bits per heavy atom. The van der Waals surface area contributed by atoms with Gasteiger partial charge in [-0.15, -0.1) is 0 Å². The van der Waals surface area contributed by atoms with Crippen LogP contribution in [0.2, 0.25) is 0 Å². The van der Waals surface area contributed by atoms with Crippen molar-refractivity contribution in [2.45, 2.75) is 32.9 Å². The highest BCUT2D eigenvalue weighted by molar-refractivity contribution is 5.35. The molecule has 3 nitrogen and oxygen atoms in total. The molecule has 1 saturated heterocycles. The molecule has 0 amide bonds. The smallest absolute Gasteiger partial charge is 0.128 e. The number of morpholine rings is 1. The number of halogens is 1. The normalized spacial score (nSPS) is 21.9. The minimum absolute atomic E-state index is 0.00962. The van der Waals surface area contributed by atoms with Crippen molar-refractivity contribution in [2.75, 3.05) is 33.3 Å². The highest BCUT2D eigenvalue weighted by Crippen LogP contribution is 2.28. The highest BCUT2D eigenvalue weighted by Gasteiger charge is 2.30. The molecule has 1 heterocycles. The molecule has 2 unspecified atom stereocenters. The van der Waals surface area contributed by atoms with Crippen LogP contribution >= 0.6 is 0 Å². The van der Waals surface area contributed by atoms with Gasteiger partial charge in [0.1, 0.15) is 5.82 Å². The number of ether oxygens (including phenoxy) is 1. The van der Waals surface area contributed by atoms with Gasteiger partial charge in [-0.2, -0.15) is 0 Å². The number of aryl methyl sites for hydroxylation is 2. The Balaban J connectivity index is 2.28. The Morgan fingerprint density at radius 3 is 2.80 bits per heavy atom. The third-order valence-electron chi connectivity index (χ3n) is 4.10. The zero-order chi connectivity index (χ0) is 14.7. The van der Waals surface area contributed by atoms with Crippen molar-refractivity contribution in [3.05, 3.63) is 34.6 Å². The first-order chi connectivity index (χ1) is 9.56. The molecule has 1 aromatic carbocycles. The number of nitrogens with one attached hydrogen (secondary N) is 1. The fraction of sp³-hybridized carbons (Fsp3) is 0.625. The summed E-state index contributed by atoms with van der Waals surface area (Å²) in [6.45, 7) is 9.55. The summed E-state index contributed by atoms with van der Waals surface area (Å²) >= 11 is 0. The molecule has 1 aliphatic heterocycles. The topological polar surface area (TPSA) is 24.5 Å². The highest BCUT2D eigenvalue weighted by atomic mass is 19.1. The van der Waals surface area contributed by atoms with Crippen molar-refractivity contribution in [1.82, 2.24) is 10.2 Å². The van der Waals surface area contributed by atoms with Gasteiger partial charge in [0, 0.05) is 18.7 Å². The predicted molar refractivity (Wildman–Crippen MR) is 79.5 cm³/mol. The van der Waals surface area contributed by atoms with Gasteiger partial charge in [-0.25, -0.2) is 4.39 Å². The van der Waals surface area contributed by atoms with Gasteiger partial charge in [0.05, 0.1) is 18.8 Å². The largest absolute Gasteiger partial charge is 0.374 e. The molecule has 4 heteroatoms. The average molecular weight is 280 g/mol. The van der Waals surface area contributed by atoms with Crippen molar-refractivity contribution in [3.63, 3.8) is 0 Å². The van der Waals surface area contributed by atoms with E-state index in [1.807, 2.05) is 27.0 Å². The molecule has 0 radical (unpaired) electrons. The summed E-state index contributed by atoms with van der Waals surface area (Å²) < 4.78 is 20.3. The molecular formula is C16H25FN2O. The number of benzene rings is 1. The van der Waals surface area contributed by atoms with Crippen LogP contribution in [0, 0.1) is 19.7 Å². The van der Waals surface area contributed by atoms with Gasteiger partial charge in [0.2, 0.25) is 0 Å². The number of nitrogens with zero attached hydrogens (tertiary/aromatic N) is 1. The summed E-state index contributed by atoms with van der Waals surface area (Å²) in [4.78, 5) is 2.35. The van der Waals surface area contributed by atoms with E-state index < -0.39 is 0 Å². The molecule has 0 aliphatic carbocycles. The molecule has 2 atom stereocenters. The summed E-state index contributed by atoms with van der Waals surface area (Å²) in [5.74, 6) is -0.140. The fourth-order valence-corrected chi connectivity index (χ4v) is 3.06. The lowest BCUT2D eigenvalue weighted by molar-refractivity contribution is -0.0450. The summed E-state index contributed by atoms with van der Waals surface area (Å²) in [5, 5.41) is 3.24. The van der Waals surface area contributed by atoms with Crippen LogP contribution < -0.4 is 5.32 Å². The van der Waals surface area contributed by atoms with Gasteiger partial charge in [-0.05, 0) is 44.6 Å². The second kappa shape index (κ2) is 6.66. The van der Waals surface area contributed by atoms with Gasteiger partial charge in [0.25, 0.3) is 0 Å². The van der Waals surface area contributed by atoms with Crippen molar-refractivity contribution >= 4 is 0 Å². The van der Waals surface area contributed by atoms with Crippen LogP contribution in [0.15, 0.2) is 12.1 Å². The minimum atomic E-state index is -0.140. The molecular weight excluding hydrogens is 255 g/mol. The molecule has 0 bridgehead atoms. The number of hydrogen-bond donors (Lipinski definition) is 1. The minimum Gasteiger partial charge on any atom is -0.374 e. The maximum absolute atomic E-state index is 14.4. The van der Waals surface area contributed by atoms with Crippen LogP contribution in [-0.4, -0.2) is 44.3 Å². The van der Waals surface area contributed by atoms with Crippen LogP contribution in [0.1, 0.15) is 29.7 Å². The van der Waals surface area contributed by atoms with Crippen molar-refractivity contribution in [1.29, 1.82) is 0 Å². The molecule has 0 aromatic heterocycles. The summed E-state index contributed by atoms with van der Waals surface area (Å²) in [6.07, 6.45) is -0.00962. The average Bonchev–Trinajstić information content (AvgIpc) is 2.42. The first kappa shape index (κ1) is 15.4. The van der Waals surface area contributed by atoms with E-state index in [1.54, 1.807) is 6.07 Å². The number of rotatable bonds is 4. The predicted octanol–water partition coefficient (Wildman–Crippen LogP) is 2.42. The Kier molecular flexibility index (Phi) is 5.13. The van der Waals surface area contributed by atoms with Crippen molar-refractivity contribution < 1.29 is 9.13 Å². The fourth-order valence-electron chi connectivity index (χ4n) is 3.06. The second-order valence-corrected chi connectivity index (χ2v) is 5.55. The molecule has 1 N–H and O–H groups in total. The standard InChI is InChI=1S/C16H25FN2O/c1-5-19-6-7-20-14(10-19)16(18-4)15-12(3)8-11(2)9-13(15)17/h8-9,14,16,18H,5-7,10H2,1-4H3. The Labute approximate surface area is 121 Å². The maximum Gasteiger partial charge on any atom is 0.128 e. The zero-order valence-corrected chi connectivity index (χ0v) is 12.9. The van der Waals surface area contributed by atoms with Gasteiger partial charge >= 0.3 is 0 Å². The van der Waals surface area contributed by atoms with Gasteiger partial charge in [0.15, 0.2) is 0 Å². The molecule has 0 spiro atoms. The van der Waals surface area contributed by atoms with E-state index in [9.17, 15) is 4.39 Å². The van der Waals surface area contributed by atoms with E-state index in [0.717, 1.165) is 36.3 Å². The summed E-state index contributed by atoms with van der Waals surface area (Å²) in [7, 11) is 1.87. The lowest BCUT2D eigenvalue weighted by atomic mass is 9.94. The van der Waals surface area contributed by atoms with Crippen molar-refractivity contribution in [2.24, 2.45) is 0 Å². The molecule has 2 rings (SSSR count). The lowest BCUT2D eigenvalue weighted by Gasteiger charge is -2.37. The molecule has 1 fully saturated rings. The van der Waals surface area contributed by atoms with Gasteiger partial charge < -0.3 is 10.1 Å². The maximum atomic E-state index is 14.4. The quantitative estimate of drug-likeness (QED) is 0.916. The zero-order valence-electron chi connectivity index (χ0n) is 12.9. The van der Waals surface area contributed by atoms with Crippen LogP contribution in [0.5, 0.6) is 0 Å². The molecule has 112 valence electrons. The first-order valence-electron chi connectivity index (χ1n) is 7.34. The number of hydrogen-bond acceptors (Lipinski definition) is 3. The SMILES string of the molecule is CCN1CCOC(C(NC)c2c(C)cc(C)cc2F)C1. The Morgan fingerprint density at radius 2 is 2.20 bits per heavy atom. The Hall–Kier alpha value is -0.970. The van der Waals surface area contributed by atoms with Crippen LogP contribution in [0.3, 0.4) is 0 Å². The molecule has 20 heavy (non-hydrogen) atoms. The molecule has 0 saturated carbocycles. The summed E-state index contributed by atoms with van der Waals surface area (Å²) in [5.41, 5.74) is 2.68. The van der Waals surface area contributed by atoms with Gasteiger partial charge in [-0.3, -0.25) is 4.90 Å². The second-order valence-electron chi connectivity index (χ2n) is 5.55. The Bertz CT molecular complexity index is 441. The lowest BCUT2D eigenvalue weighted by Crippen LogP contribution is -2.47. The van der Waals surface area contributed by atoms with E-state index >= 15 is 0 Å². The number of likely N-dealkylation sites (N-methyl/N-ethyl adjacent to an activating group) is 2. The molecule has 1 aromatic rings. The monoisotopic (exact) mass is 280 g/mol.